The molecule has 0 atom stereocenters. The third-order valence-electron chi connectivity index (χ3n) is 2.28. The summed E-state index contributed by atoms with van der Waals surface area (Å²) in [5.41, 5.74) is -0.592. The van der Waals surface area contributed by atoms with E-state index < -0.39 is 11.7 Å². The van der Waals surface area contributed by atoms with Crippen molar-refractivity contribution in [3.05, 3.63) is 36.1 Å². The maximum Gasteiger partial charge on any atom is 0.416 e. The van der Waals surface area contributed by atoms with Gasteiger partial charge in [-0.25, -0.2) is 4.98 Å². The van der Waals surface area contributed by atoms with E-state index in [1.165, 1.54) is 6.26 Å². The first-order chi connectivity index (χ1) is 8.50. The van der Waals surface area contributed by atoms with Gasteiger partial charge in [-0.1, -0.05) is 0 Å². The molecule has 0 saturated heterocycles. The van der Waals surface area contributed by atoms with Crippen LogP contribution in [0.15, 0.2) is 34.9 Å². The summed E-state index contributed by atoms with van der Waals surface area (Å²) >= 11 is 0. The lowest BCUT2D eigenvalue weighted by molar-refractivity contribution is -0.137. The van der Waals surface area contributed by atoms with Crippen LogP contribution < -0.4 is 5.32 Å². The van der Waals surface area contributed by atoms with E-state index in [9.17, 15) is 13.2 Å². The Hall–Kier alpha value is -1.98. The van der Waals surface area contributed by atoms with Crippen LogP contribution in [0.25, 0.3) is 11.5 Å². The molecule has 0 saturated carbocycles. The van der Waals surface area contributed by atoms with Gasteiger partial charge in [0.2, 0.25) is 0 Å². The molecule has 0 amide bonds. The van der Waals surface area contributed by atoms with E-state index in [1.54, 1.807) is 19.1 Å². The second-order valence-corrected chi connectivity index (χ2v) is 3.63. The Morgan fingerprint density at radius 2 is 2.11 bits per heavy atom. The second kappa shape index (κ2) is 4.72. The van der Waals surface area contributed by atoms with Crippen molar-refractivity contribution < 1.29 is 17.6 Å². The Morgan fingerprint density at radius 3 is 2.67 bits per heavy atom. The number of hydrogen-bond acceptors (Lipinski definition) is 3. The number of halogens is 3. The number of rotatable bonds is 3. The summed E-state index contributed by atoms with van der Waals surface area (Å²) in [6, 6.07) is 5.12. The standard InChI is InChI=1S/C12H11F3N2O/c1-2-16-11-7-8(12(13,14)15)6-9(17-11)10-4-3-5-18-10/h3-7H,2H2,1H3,(H,16,17). The first-order valence-corrected chi connectivity index (χ1v) is 5.37. The van der Waals surface area contributed by atoms with Crippen LogP contribution in [0.5, 0.6) is 0 Å². The molecule has 2 aromatic rings. The van der Waals surface area contributed by atoms with Crippen LogP contribution in [0.3, 0.4) is 0 Å². The van der Waals surface area contributed by atoms with Crippen molar-refractivity contribution in [1.82, 2.24) is 4.98 Å². The maximum absolute atomic E-state index is 12.7. The molecule has 2 heterocycles. The zero-order valence-electron chi connectivity index (χ0n) is 9.58. The largest absolute Gasteiger partial charge is 0.463 e. The number of hydrogen-bond donors (Lipinski definition) is 1. The third-order valence-corrected chi connectivity index (χ3v) is 2.28. The Morgan fingerprint density at radius 1 is 1.33 bits per heavy atom. The fraction of sp³-hybridized carbons (Fsp3) is 0.250. The number of aromatic nitrogens is 1. The summed E-state index contributed by atoms with van der Waals surface area (Å²) in [5, 5.41) is 2.77. The molecule has 0 aliphatic carbocycles. The summed E-state index contributed by atoms with van der Waals surface area (Å²) in [6.45, 7) is 2.28. The lowest BCUT2D eigenvalue weighted by Gasteiger charge is -2.11. The number of alkyl halides is 3. The van der Waals surface area contributed by atoms with Gasteiger partial charge in [-0.2, -0.15) is 13.2 Å². The van der Waals surface area contributed by atoms with Crippen LogP contribution in [0.4, 0.5) is 19.0 Å². The molecule has 0 aliphatic heterocycles. The average Bonchev–Trinajstić information content (AvgIpc) is 2.81. The van der Waals surface area contributed by atoms with Gasteiger partial charge >= 0.3 is 6.18 Å². The molecule has 0 fully saturated rings. The van der Waals surface area contributed by atoms with Crippen molar-refractivity contribution in [2.75, 3.05) is 11.9 Å². The molecule has 0 spiro atoms. The van der Waals surface area contributed by atoms with Crippen molar-refractivity contribution >= 4 is 5.82 Å². The molecule has 0 aromatic carbocycles. The molecule has 0 radical (unpaired) electrons. The predicted molar refractivity (Wildman–Crippen MR) is 61.1 cm³/mol. The van der Waals surface area contributed by atoms with Gasteiger partial charge in [0, 0.05) is 6.54 Å². The number of nitrogens with zero attached hydrogens (tertiary/aromatic N) is 1. The molecule has 96 valence electrons. The number of anilines is 1. The lowest BCUT2D eigenvalue weighted by Crippen LogP contribution is -2.08. The topological polar surface area (TPSA) is 38.1 Å². The zero-order chi connectivity index (χ0) is 13.2. The maximum atomic E-state index is 12.7. The van der Waals surface area contributed by atoms with Gasteiger partial charge in [0.15, 0.2) is 5.76 Å². The molecule has 0 bridgehead atoms. The molecule has 18 heavy (non-hydrogen) atoms. The van der Waals surface area contributed by atoms with Gasteiger partial charge in [-0.05, 0) is 31.2 Å². The molecule has 1 N–H and O–H groups in total. The van der Waals surface area contributed by atoms with Crippen LogP contribution in [0, 0.1) is 0 Å². The van der Waals surface area contributed by atoms with E-state index in [-0.39, 0.29) is 11.5 Å². The summed E-state index contributed by atoms with van der Waals surface area (Å²) in [4.78, 5) is 4.07. The van der Waals surface area contributed by atoms with E-state index >= 15 is 0 Å². The van der Waals surface area contributed by atoms with Crippen LogP contribution in [0.1, 0.15) is 12.5 Å². The number of furan rings is 1. The molecular formula is C12H11F3N2O. The van der Waals surface area contributed by atoms with Gasteiger partial charge in [-0.3, -0.25) is 0 Å². The fourth-order valence-electron chi connectivity index (χ4n) is 1.52. The van der Waals surface area contributed by atoms with E-state index in [0.29, 0.717) is 12.3 Å². The molecule has 2 aromatic heterocycles. The summed E-state index contributed by atoms with van der Waals surface area (Å²) < 4.78 is 43.3. The predicted octanol–water partition coefficient (Wildman–Crippen LogP) is 3.79. The van der Waals surface area contributed by atoms with E-state index in [2.05, 4.69) is 10.3 Å². The molecular weight excluding hydrogens is 245 g/mol. The molecule has 0 aliphatic rings. The Bertz CT molecular complexity index is 521. The quantitative estimate of drug-likeness (QED) is 0.907. The van der Waals surface area contributed by atoms with Gasteiger partial charge < -0.3 is 9.73 Å². The SMILES string of the molecule is CCNc1cc(C(F)(F)F)cc(-c2ccco2)n1. The minimum Gasteiger partial charge on any atom is -0.463 e. The minimum absolute atomic E-state index is 0.158. The van der Waals surface area contributed by atoms with E-state index in [0.717, 1.165) is 12.1 Å². The highest BCUT2D eigenvalue weighted by molar-refractivity contribution is 5.57. The fourth-order valence-corrected chi connectivity index (χ4v) is 1.52. The summed E-state index contributed by atoms with van der Waals surface area (Å²) in [5.74, 6) is 0.485. The van der Waals surface area contributed by atoms with Crippen molar-refractivity contribution in [1.29, 1.82) is 0 Å². The van der Waals surface area contributed by atoms with Crippen molar-refractivity contribution in [2.45, 2.75) is 13.1 Å². The smallest absolute Gasteiger partial charge is 0.416 e. The third kappa shape index (κ3) is 2.64. The first kappa shape index (κ1) is 12.5. The van der Waals surface area contributed by atoms with Crippen molar-refractivity contribution in [3.63, 3.8) is 0 Å². The second-order valence-electron chi connectivity index (χ2n) is 3.63. The van der Waals surface area contributed by atoms with Crippen LogP contribution in [-0.4, -0.2) is 11.5 Å². The summed E-state index contributed by atoms with van der Waals surface area (Å²) in [7, 11) is 0. The van der Waals surface area contributed by atoms with Gasteiger partial charge in [0.25, 0.3) is 0 Å². The lowest BCUT2D eigenvalue weighted by atomic mass is 10.2. The molecule has 2 rings (SSSR count). The molecule has 0 unspecified atom stereocenters. The Labute approximate surface area is 102 Å². The van der Waals surface area contributed by atoms with E-state index in [1.807, 2.05) is 0 Å². The Kier molecular flexibility index (Phi) is 3.27. The first-order valence-electron chi connectivity index (χ1n) is 5.37. The van der Waals surface area contributed by atoms with Crippen molar-refractivity contribution in [3.8, 4) is 11.5 Å². The molecule has 6 heteroatoms. The van der Waals surface area contributed by atoms with Crippen LogP contribution >= 0.6 is 0 Å². The Balaban J connectivity index is 2.50. The van der Waals surface area contributed by atoms with E-state index in [4.69, 9.17) is 4.42 Å². The van der Waals surface area contributed by atoms with Gasteiger partial charge in [0.05, 0.1) is 11.8 Å². The number of pyridine rings is 1. The zero-order valence-corrected chi connectivity index (χ0v) is 9.58. The molecule has 3 nitrogen and oxygen atoms in total. The monoisotopic (exact) mass is 256 g/mol. The highest BCUT2D eigenvalue weighted by atomic mass is 19.4. The van der Waals surface area contributed by atoms with Gasteiger partial charge in [0.1, 0.15) is 11.5 Å². The summed E-state index contributed by atoms with van der Waals surface area (Å²) in [6.07, 6.45) is -3.02. The highest BCUT2D eigenvalue weighted by Gasteiger charge is 2.32. The van der Waals surface area contributed by atoms with Crippen LogP contribution in [-0.2, 0) is 6.18 Å². The highest BCUT2D eigenvalue weighted by Crippen LogP contribution is 2.33. The normalized spacial score (nSPS) is 11.6. The minimum atomic E-state index is -4.41. The number of nitrogens with one attached hydrogen (secondary N) is 1. The van der Waals surface area contributed by atoms with Gasteiger partial charge in [-0.15, -0.1) is 0 Å². The van der Waals surface area contributed by atoms with Crippen molar-refractivity contribution in [2.24, 2.45) is 0 Å². The average molecular weight is 256 g/mol. The van der Waals surface area contributed by atoms with Crippen LogP contribution in [0.2, 0.25) is 0 Å².